The van der Waals surface area contributed by atoms with Crippen LogP contribution < -0.4 is 15.0 Å². The first-order valence-electron chi connectivity index (χ1n) is 10.2. The zero-order valence-corrected chi connectivity index (χ0v) is 19.1. The van der Waals surface area contributed by atoms with Crippen molar-refractivity contribution < 1.29 is 23.0 Å². The molecule has 0 fully saturated rings. The second-order valence-corrected chi connectivity index (χ2v) is 8.24. The number of hydrogen-bond donors (Lipinski definition) is 0. The standard InChI is InChI=1S/C25H20F2N2O4S/c1-15(30)16-7-12-22(32-2)17(13-16)14-34-25-28-21-6-4-3-5-20(21)23(31)29(25)18-8-10-19(11-9-18)33-24(26)27/h3-13,24H,14H2,1-2H3. The van der Waals surface area contributed by atoms with E-state index < -0.39 is 6.61 Å². The number of rotatable bonds is 8. The second-order valence-electron chi connectivity index (χ2n) is 7.30. The van der Waals surface area contributed by atoms with Crippen molar-refractivity contribution in [1.82, 2.24) is 9.55 Å². The van der Waals surface area contributed by atoms with Crippen LogP contribution in [0.25, 0.3) is 16.6 Å². The molecule has 0 saturated heterocycles. The van der Waals surface area contributed by atoms with Crippen molar-refractivity contribution in [3.05, 3.63) is 88.2 Å². The van der Waals surface area contributed by atoms with Crippen LogP contribution >= 0.6 is 11.8 Å². The van der Waals surface area contributed by atoms with Crippen molar-refractivity contribution in [2.24, 2.45) is 0 Å². The van der Waals surface area contributed by atoms with Gasteiger partial charge in [-0.05, 0) is 61.5 Å². The number of halogens is 2. The first kappa shape index (κ1) is 23.4. The molecule has 0 spiro atoms. The predicted octanol–water partition coefficient (Wildman–Crippen LogP) is 5.49. The average Bonchev–Trinajstić information content (AvgIpc) is 2.83. The van der Waals surface area contributed by atoms with Gasteiger partial charge in [-0.15, -0.1) is 0 Å². The Balaban J connectivity index is 1.78. The SMILES string of the molecule is COc1ccc(C(C)=O)cc1CSc1nc2ccccc2c(=O)n1-c1ccc(OC(F)F)cc1. The fourth-order valence-electron chi connectivity index (χ4n) is 3.47. The van der Waals surface area contributed by atoms with Gasteiger partial charge >= 0.3 is 6.61 Å². The van der Waals surface area contributed by atoms with Crippen LogP contribution in [-0.2, 0) is 5.75 Å². The number of alkyl halides is 2. The molecule has 0 bridgehead atoms. The topological polar surface area (TPSA) is 70.4 Å². The van der Waals surface area contributed by atoms with Gasteiger partial charge in [0.15, 0.2) is 10.9 Å². The lowest BCUT2D eigenvalue weighted by Crippen LogP contribution is -2.21. The number of thioether (sulfide) groups is 1. The summed E-state index contributed by atoms with van der Waals surface area (Å²) >= 11 is 1.30. The van der Waals surface area contributed by atoms with E-state index in [1.54, 1.807) is 49.6 Å². The molecule has 1 heterocycles. The minimum Gasteiger partial charge on any atom is -0.496 e. The lowest BCUT2D eigenvalue weighted by molar-refractivity contribution is -0.0498. The monoisotopic (exact) mass is 482 g/mol. The third-order valence-electron chi connectivity index (χ3n) is 5.11. The van der Waals surface area contributed by atoms with Crippen LogP contribution in [0.15, 0.2) is 76.7 Å². The van der Waals surface area contributed by atoms with E-state index in [1.165, 1.54) is 47.5 Å². The molecule has 4 aromatic rings. The Kier molecular flexibility index (Phi) is 6.93. The van der Waals surface area contributed by atoms with Crippen molar-refractivity contribution in [2.75, 3.05) is 7.11 Å². The number of carbonyl (C=O) groups is 1. The first-order valence-corrected chi connectivity index (χ1v) is 11.2. The van der Waals surface area contributed by atoms with Gasteiger partial charge in [-0.2, -0.15) is 8.78 Å². The summed E-state index contributed by atoms with van der Waals surface area (Å²) in [7, 11) is 1.55. The van der Waals surface area contributed by atoms with Crippen LogP contribution in [0.1, 0.15) is 22.8 Å². The molecule has 9 heteroatoms. The maximum Gasteiger partial charge on any atom is 0.387 e. The molecule has 0 aliphatic rings. The van der Waals surface area contributed by atoms with Crippen LogP contribution in [0.4, 0.5) is 8.78 Å². The summed E-state index contributed by atoms with van der Waals surface area (Å²) in [4.78, 5) is 29.9. The van der Waals surface area contributed by atoms with Crippen LogP contribution in [0.3, 0.4) is 0 Å². The van der Waals surface area contributed by atoms with Gasteiger partial charge in [0.1, 0.15) is 11.5 Å². The average molecular weight is 483 g/mol. The van der Waals surface area contributed by atoms with E-state index in [9.17, 15) is 18.4 Å². The summed E-state index contributed by atoms with van der Waals surface area (Å²) in [6.07, 6.45) is 0. The lowest BCUT2D eigenvalue weighted by Gasteiger charge is -2.15. The quantitative estimate of drug-likeness (QED) is 0.188. The van der Waals surface area contributed by atoms with Crippen LogP contribution in [0.2, 0.25) is 0 Å². The van der Waals surface area contributed by atoms with Gasteiger partial charge in [0, 0.05) is 16.9 Å². The van der Waals surface area contributed by atoms with E-state index in [0.717, 1.165) is 5.56 Å². The van der Waals surface area contributed by atoms with E-state index in [0.29, 0.717) is 38.8 Å². The third kappa shape index (κ3) is 4.94. The van der Waals surface area contributed by atoms with Crippen molar-refractivity contribution in [3.8, 4) is 17.2 Å². The van der Waals surface area contributed by atoms with E-state index in [1.807, 2.05) is 0 Å². The van der Waals surface area contributed by atoms with Crippen molar-refractivity contribution >= 4 is 28.4 Å². The Hall–Kier alpha value is -3.72. The van der Waals surface area contributed by atoms with E-state index in [2.05, 4.69) is 9.72 Å². The van der Waals surface area contributed by atoms with Gasteiger partial charge in [0.2, 0.25) is 0 Å². The van der Waals surface area contributed by atoms with Crippen LogP contribution in [0.5, 0.6) is 11.5 Å². The third-order valence-corrected chi connectivity index (χ3v) is 6.10. The van der Waals surface area contributed by atoms with Gasteiger partial charge < -0.3 is 9.47 Å². The maximum absolute atomic E-state index is 13.4. The van der Waals surface area contributed by atoms with Crippen molar-refractivity contribution in [3.63, 3.8) is 0 Å². The molecule has 3 aromatic carbocycles. The van der Waals surface area contributed by atoms with Crippen LogP contribution in [-0.4, -0.2) is 29.1 Å². The highest BCUT2D eigenvalue weighted by Gasteiger charge is 2.16. The summed E-state index contributed by atoms with van der Waals surface area (Å²) < 4.78 is 36.3. The minimum absolute atomic E-state index is 0.0134. The second kappa shape index (κ2) is 10.0. The predicted molar refractivity (Wildman–Crippen MR) is 127 cm³/mol. The summed E-state index contributed by atoms with van der Waals surface area (Å²) in [5.41, 5.74) is 2.02. The highest BCUT2D eigenvalue weighted by Crippen LogP contribution is 2.30. The van der Waals surface area contributed by atoms with Gasteiger partial charge in [-0.25, -0.2) is 4.98 Å². The van der Waals surface area contributed by atoms with Crippen LogP contribution in [0, 0.1) is 0 Å². The number of benzene rings is 3. The normalized spacial score (nSPS) is 11.1. The molecule has 0 atom stereocenters. The highest BCUT2D eigenvalue weighted by atomic mass is 32.2. The molecule has 0 unspecified atom stereocenters. The molecule has 0 saturated carbocycles. The number of methoxy groups -OCH3 is 1. The van der Waals surface area contributed by atoms with Crippen molar-refractivity contribution in [1.29, 1.82) is 0 Å². The largest absolute Gasteiger partial charge is 0.496 e. The van der Waals surface area contributed by atoms with Gasteiger partial charge in [-0.3, -0.25) is 14.2 Å². The molecule has 0 aliphatic heterocycles. The Labute approximate surface area is 198 Å². The zero-order valence-electron chi connectivity index (χ0n) is 18.3. The number of Topliss-reactive ketones (excluding diaryl/α,β-unsaturated/α-hetero) is 1. The number of nitrogens with zero attached hydrogens (tertiary/aromatic N) is 2. The molecular formula is C25H20F2N2O4S. The summed E-state index contributed by atoms with van der Waals surface area (Å²) in [5, 5.41) is 0.831. The smallest absolute Gasteiger partial charge is 0.387 e. The summed E-state index contributed by atoms with van der Waals surface area (Å²) in [5.74, 6) is 0.906. The maximum atomic E-state index is 13.4. The summed E-state index contributed by atoms with van der Waals surface area (Å²) in [6, 6.07) is 18.0. The molecule has 1 aromatic heterocycles. The first-order chi connectivity index (χ1) is 16.4. The minimum atomic E-state index is -2.94. The lowest BCUT2D eigenvalue weighted by atomic mass is 10.1. The summed E-state index contributed by atoms with van der Waals surface area (Å²) in [6.45, 7) is -1.45. The molecule has 0 aliphatic carbocycles. The molecule has 6 nitrogen and oxygen atoms in total. The number of fused-ring (bicyclic) bond motifs is 1. The highest BCUT2D eigenvalue weighted by molar-refractivity contribution is 7.98. The number of hydrogen-bond acceptors (Lipinski definition) is 6. The number of aromatic nitrogens is 2. The Bertz CT molecular complexity index is 1400. The Morgan fingerprint density at radius 3 is 2.50 bits per heavy atom. The molecule has 174 valence electrons. The molecular weight excluding hydrogens is 462 g/mol. The number of para-hydroxylation sites is 1. The molecule has 34 heavy (non-hydrogen) atoms. The number of ketones is 1. The molecule has 0 radical (unpaired) electrons. The molecule has 0 amide bonds. The molecule has 4 rings (SSSR count). The van der Waals surface area contributed by atoms with Gasteiger partial charge in [-0.1, -0.05) is 23.9 Å². The van der Waals surface area contributed by atoms with Gasteiger partial charge in [0.25, 0.3) is 5.56 Å². The number of ether oxygens (including phenoxy) is 2. The molecule has 0 N–H and O–H groups in total. The van der Waals surface area contributed by atoms with Gasteiger partial charge in [0.05, 0.1) is 23.7 Å². The van der Waals surface area contributed by atoms with E-state index in [4.69, 9.17) is 4.74 Å². The fraction of sp³-hybridized carbons (Fsp3) is 0.160. The zero-order chi connectivity index (χ0) is 24.2. The Morgan fingerprint density at radius 2 is 1.82 bits per heavy atom. The Morgan fingerprint density at radius 1 is 1.09 bits per heavy atom. The fourth-order valence-corrected chi connectivity index (χ4v) is 4.46. The van der Waals surface area contributed by atoms with Crippen molar-refractivity contribution in [2.45, 2.75) is 24.4 Å². The number of carbonyl (C=O) groups excluding carboxylic acids is 1. The van der Waals surface area contributed by atoms with E-state index >= 15 is 0 Å². The van der Waals surface area contributed by atoms with E-state index in [-0.39, 0.29) is 17.1 Å².